The van der Waals surface area contributed by atoms with E-state index in [0.29, 0.717) is 17.3 Å². The van der Waals surface area contributed by atoms with Crippen molar-refractivity contribution in [2.75, 3.05) is 0 Å². The SMILES string of the molecule is Cc1cc(=O)cc(C(=O)NC(C)c2nc(-c3ccccn3)no2)o1. The Morgan fingerprint density at radius 1 is 1.29 bits per heavy atom. The molecule has 24 heavy (non-hydrogen) atoms. The normalized spacial score (nSPS) is 11.9. The monoisotopic (exact) mass is 326 g/mol. The zero-order valence-electron chi connectivity index (χ0n) is 13.0. The van der Waals surface area contributed by atoms with Crippen molar-refractivity contribution in [2.24, 2.45) is 0 Å². The van der Waals surface area contributed by atoms with Crippen molar-refractivity contribution in [2.45, 2.75) is 19.9 Å². The van der Waals surface area contributed by atoms with Crippen LogP contribution in [-0.2, 0) is 0 Å². The summed E-state index contributed by atoms with van der Waals surface area (Å²) < 4.78 is 10.4. The Morgan fingerprint density at radius 2 is 2.12 bits per heavy atom. The maximum atomic E-state index is 12.2. The fourth-order valence-corrected chi connectivity index (χ4v) is 2.06. The molecule has 0 bridgehead atoms. The number of pyridine rings is 1. The van der Waals surface area contributed by atoms with E-state index in [9.17, 15) is 9.59 Å². The fraction of sp³-hybridized carbons (Fsp3) is 0.188. The van der Waals surface area contributed by atoms with Crippen LogP contribution in [0.3, 0.4) is 0 Å². The van der Waals surface area contributed by atoms with E-state index < -0.39 is 11.9 Å². The molecule has 8 heteroatoms. The molecule has 0 aliphatic heterocycles. The lowest BCUT2D eigenvalue weighted by Gasteiger charge is -2.09. The molecule has 0 fully saturated rings. The van der Waals surface area contributed by atoms with Crippen LogP contribution in [0.25, 0.3) is 11.5 Å². The van der Waals surface area contributed by atoms with Crippen molar-refractivity contribution in [3.05, 3.63) is 64.2 Å². The van der Waals surface area contributed by atoms with Crippen LogP contribution >= 0.6 is 0 Å². The lowest BCUT2D eigenvalue weighted by atomic mass is 10.3. The summed E-state index contributed by atoms with van der Waals surface area (Å²) in [6.45, 7) is 3.28. The zero-order chi connectivity index (χ0) is 17.1. The van der Waals surface area contributed by atoms with Crippen LogP contribution in [0.2, 0.25) is 0 Å². The second kappa shape index (κ2) is 6.45. The van der Waals surface area contributed by atoms with E-state index in [2.05, 4.69) is 20.4 Å². The van der Waals surface area contributed by atoms with Gasteiger partial charge in [0.25, 0.3) is 5.91 Å². The molecule has 8 nitrogen and oxygen atoms in total. The number of rotatable bonds is 4. The minimum absolute atomic E-state index is 0.0729. The lowest BCUT2D eigenvalue weighted by molar-refractivity contribution is 0.0900. The average Bonchev–Trinajstić information content (AvgIpc) is 3.05. The van der Waals surface area contributed by atoms with Gasteiger partial charge in [-0.05, 0) is 26.0 Å². The van der Waals surface area contributed by atoms with Crippen molar-refractivity contribution >= 4 is 5.91 Å². The largest absolute Gasteiger partial charge is 0.456 e. The van der Waals surface area contributed by atoms with Crippen molar-refractivity contribution in [3.63, 3.8) is 0 Å². The Labute approximate surface area is 136 Å². The van der Waals surface area contributed by atoms with Crippen LogP contribution in [0.5, 0.6) is 0 Å². The van der Waals surface area contributed by atoms with Crippen molar-refractivity contribution in [1.29, 1.82) is 0 Å². The summed E-state index contributed by atoms with van der Waals surface area (Å²) in [4.78, 5) is 31.9. The molecular weight excluding hydrogens is 312 g/mol. The van der Waals surface area contributed by atoms with Gasteiger partial charge in [-0.3, -0.25) is 14.6 Å². The van der Waals surface area contributed by atoms with Crippen molar-refractivity contribution in [1.82, 2.24) is 20.4 Å². The van der Waals surface area contributed by atoms with Gasteiger partial charge in [0.2, 0.25) is 11.7 Å². The first-order valence-electron chi connectivity index (χ1n) is 7.20. The smallest absolute Gasteiger partial charge is 0.287 e. The summed E-state index contributed by atoms with van der Waals surface area (Å²) in [6, 6.07) is 7.21. The topological polar surface area (TPSA) is 111 Å². The van der Waals surface area contributed by atoms with Crippen LogP contribution in [0.15, 0.2) is 50.3 Å². The van der Waals surface area contributed by atoms with Gasteiger partial charge in [0.15, 0.2) is 11.2 Å². The van der Waals surface area contributed by atoms with E-state index in [1.165, 1.54) is 6.07 Å². The van der Waals surface area contributed by atoms with Gasteiger partial charge in [-0.1, -0.05) is 11.2 Å². The van der Waals surface area contributed by atoms with E-state index in [0.717, 1.165) is 6.07 Å². The molecule has 1 amide bonds. The standard InChI is InChI=1S/C16H14N4O4/c1-9-7-11(21)8-13(23-9)15(22)18-10(2)16-19-14(20-24-16)12-5-3-4-6-17-12/h3-8,10H,1-2H3,(H,18,22). The predicted molar refractivity (Wildman–Crippen MR) is 83.1 cm³/mol. The Kier molecular flexibility index (Phi) is 4.19. The van der Waals surface area contributed by atoms with Crippen LogP contribution < -0.4 is 10.7 Å². The van der Waals surface area contributed by atoms with Crippen LogP contribution in [0.4, 0.5) is 0 Å². The van der Waals surface area contributed by atoms with E-state index in [1.807, 2.05) is 6.07 Å². The summed E-state index contributed by atoms with van der Waals surface area (Å²) in [5.74, 6) is 0.292. The van der Waals surface area contributed by atoms with E-state index in [-0.39, 0.29) is 17.1 Å². The predicted octanol–water partition coefficient (Wildman–Crippen LogP) is 1.88. The van der Waals surface area contributed by atoms with Crippen molar-refractivity contribution in [3.8, 4) is 11.5 Å². The summed E-state index contributed by atoms with van der Waals surface area (Å²) in [5, 5.41) is 6.49. The number of hydrogen-bond donors (Lipinski definition) is 1. The maximum Gasteiger partial charge on any atom is 0.287 e. The van der Waals surface area contributed by atoms with Gasteiger partial charge in [-0.2, -0.15) is 4.98 Å². The molecule has 0 aliphatic rings. The van der Waals surface area contributed by atoms with Crippen molar-refractivity contribution < 1.29 is 13.7 Å². The average molecular weight is 326 g/mol. The minimum atomic E-state index is -0.562. The highest BCUT2D eigenvalue weighted by molar-refractivity contribution is 5.91. The van der Waals surface area contributed by atoms with Gasteiger partial charge in [0.05, 0.1) is 0 Å². The Bertz CT molecular complexity index is 917. The first-order chi connectivity index (χ1) is 11.5. The van der Waals surface area contributed by atoms with Gasteiger partial charge in [0.1, 0.15) is 17.5 Å². The lowest BCUT2D eigenvalue weighted by Crippen LogP contribution is -2.27. The fourth-order valence-electron chi connectivity index (χ4n) is 2.06. The molecule has 0 aromatic carbocycles. The number of carbonyl (C=O) groups excluding carboxylic acids is 1. The molecule has 0 spiro atoms. The maximum absolute atomic E-state index is 12.2. The second-order valence-corrected chi connectivity index (χ2v) is 5.13. The number of nitrogens with zero attached hydrogens (tertiary/aromatic N) is 3. The third kappa shape index (κ3) is 3.37. The molecule has 0 saturated carbocycles. The molecule has 3 aromatic heterocycles. The highest BCUT2D eigenvalue weighted by Gasteiger charge is 2.20. The first kappa shape index (κ1) is 15.6. The Hall–Kier alpha value is -3.29. The minimum Gasteiger partial charge on any atom is -0.456 e. The van der Waals surface area contributed by atoms with Crippen LogP contribution in [0, 0.1) is 6.92 Å². The summed E-state index contributed by atoms with van der Waals surface area (Å²) in [6.07, 6.45) is 1.62. The molecule has 122 valence electrons. The molecule has 1 atom stereocenters. The first-order valence-corrected chi connectivity index (χ1v) is 7.20. The van der Waals surface area contributed by atoms with Gasteiger partial charge in [0, 0.05) is 18.3 Å². The van der Waals surface area contributed by atoms with Crippen LogP contribution in [-0.4, -0.2) is 21.0 Å². The number of hydrogen-bond acceptors (Lipinski definition) is 7. The highest BCUT2D eigenvalue weighted by atomic mass is 16.5. The quantitative estimate of drug-likeness (QED) is 0.779. The summed E-state index contributed by atoms with van der Waals surface area (Å²) >= 11 is 0. The van der Waals surface area contributed by atoms with E-state index >= 15 is 0 Å². The molecular formula is C16H14N4O4. The van der Waals surface area contributed by atoms with Gasteiger partial charge < -0.3 is 14.3 Å². The molecule has 1 unspecified atom stereocenters. The Morgan fingerprint density at radius 3 is 2.83 bits per heavy atom. The number of aromatic nitrogens is 3. The Balaban J connectivity index is 1.75. The number of nitrogens with one attached hydrogen (secondary N) is 1. The third-order valence-electron chi connectivity index (χ3n) is 3.17. The summed E-state index contributed by atoms with van der Waals surface area (Å²) in [5.41, 5.74) is 0.266. The number of amides is 1. The molecule has 0 saturated heterocycles. The van der Waals surface area contributed by atoms with Gasteiger partial charge in [-0.15, -0.1) is 0 Å². The number of aryl methyl sites for hydroxylation is 1. The highest BCUT2D eigenvalue weighted by Crippen LogP contribution is 2.16. The molecule has 3 heterocycles. The number of carbonyl (C=O) groups is 1. The zero-order valence-corrected chi connectivity index (χ0v) is 13.0. The molecule has 3 rings (SSSR count). The van der Waals surface area contributed by atoms with Gasteiger partial charge >= 0.3 is 0 Å². The third-order valence-corrected chi connectivity index (χ3v) is 3.17. The second-order valence-electron chi connectivity index (χ2n) is 5.13. The molecule has 3 aromatic rings. The molecule has 0 radical (unpaired) electrons. The van der Waals surface area contributed by atoms with Gasteiger partial charge in [-0.25, -0.2) is 0 Å². The summed E-state index contributed by atoms with van der Waals surface area (Å²) in [7, 11) is 0. The van der Waals surface area contributed by atoms with Crippen LogP contribution in [0.1, 0.15) is 35.2 Å². The molecule has 0 aliphatic carbocycles. The van der Waals surface area contributed by atoms with E-state index in [1.54, 1.807) is 32.2 Å². The van der Waals surface area contributed by atoms with E-state index in [4.69, 9.17) is 8.94 Å². The molecule has 1 N–H and O–H groups in total.